The minimum atomic E-state index is -0.271. The third-order valence-electron chi connectivity index (χ3n) is 3.43. The second-order valence-electron chi connectivity index (χ2n) is 5.89. The molecule has 0 unspecified atom stereocenters. The highest BCUT2D eigenvalue weighted by molar-refractivity contribution is 5.94. The van der Waals surface area contributed by atoms with Crippen molar-refractivity contribution in [3.8, 4) is 5.75 Å². The highest BCUT2D eigenvalue weighted by Gasteiger charge is 2.17. The van der Waals surface area contributed by atoms with E-state index in [1.54, 1.807) is 36.1 Å². The summed E-state index contributed by atoms with van der Waals surface area (Å²) in [5, 5.41) is 0. The fourth-order valence-electron chi connectivity index (χ4n) is 2.25. The van der Waals surface area contributed by atoms with Crippen LogP contribution in [0.2, 0.25) is 0 Å². The highest BCUT2D eigenvalue weighted by Crippen LogP contribution is 2.16. The second-order valence-corrected chi connectivity index (χ2v) is 5.89. The summed E-state index contributed by atoms with van der Waals surface area (Å²) in [6, 6.07) is 7.14. The van der Waals surface area contributed by atoms with Crippen molar-refractivity contribution >= 4 is 11.9 Å². The van der Waals surface area contributed by atoms with Gasteiger partial charge in [0.25, 0.3) is 5.91 Å². The Labute approximate surface area is 144 Å². The molecule has 5 heteroatoms. The molecule has 0 aliphatic carbocycles. The molecule has 0 aliphatic rings. The molecule has 1 aromatic rings. The van der Waals surface area contributed by atoms with Gasteiger partial charge in [-0.15, -0.1) is 0 Å². The standard InChI is InChI=1S/C19H29NO4/c1-5-7-13-20(14-12-18(21)23-6-2)19(22)16-8-10-17(11-9-16)24-15(3)4/h8-11,15H,5-7,12-14H2,1-4H3. The van der Waals surface area contributed by atoms with Crippen LogP contribution in [-0.2, 0) is 9.53 Å². The summed E-state index contributed by atoms with van der Waals surface area (Å²) in [4.78, 5) is 26.0. The van der Waals surface area contributed by atoms with E-state index in [0.717, 1.165) is 18.6 Å². The molecule has 0 aliphatic heterocycles. The van der Waals surface area contributed by atoms with E-state index in [-0.39, 0.29) is 24.4 Å². The predicted molar refractivity (Wildman–Crippen MR) is 94.3 cm³/mol. The number of hydrogen-bond acceptors (Lipinski definition) is 4. The van der Waals surface area contributed by atoms with Gasteiger partial charge in [-0.3, -0.25) is 9.59 Å². The summed E-state index contributed by atoms with van der Waals surface area (Å²) in [5.74, 6) is 0.407. The topological polar surface area (TPSA) is 55.8 Å². The normalized spacial score (nSPS) is 10.5. The Balaban J connectivity index is 2.73. The van der Waals surface area contributed by atoms with Crippen LogP contribution >= 0.6 is 0 Å². The van der Waals surface area contributed by atoms with Gasteiger partial charge in [0.1, 0.15) is 5.75 Å². The van der Waals surface area contributed by atoms with Crippen molar-refractivity contribution in [1.82, 2.24) is 4.90 Å². The average Bonchev–Trinajstić information content (AvgIpc) is 2.55. The van der Waals surface area contributed by atoms with Crippen LogP contribution in [0.15, 0.2) is 24.3 Å². The molecule has 0 saturated carbocycles. The van der Waals surface area contributed by atoms with Gasteiger partial charge in [-0.1, -0.05) is 13.3 Å². The van der Waals surface area contributed by atoms with Gasteiger partial charge in [-0.25, -0.2) is 0 Å². The van der Waals surface area contributed by atoms with Crippen molar-refractivity contribution in [2.75, 3.05) is 19.7 Å². The largest absolute Gasteiger partial charge is 0.491 e. The quantitative estimate of drug-likeness (QED) is 0.612. The number of carbonyl (C=O) groups is 2. The fourth-order valence-corrected chi connectivity index (χ4v) is 2.25. The van der Waals surface area contributed by atoms with Gasteiger partial charge in [0, 0.05) is 18.7 Å². The molecule has 24 heavy (non-hydrogen) atoms. The van der Waals surface area contributed by atoms with Crippen LogP contribution in [0.1, 0.15) is 57.3 Å². The Morgan fingerprint density at radius 1 is 1.08 bits per heavy atom. The lowest BCUT2D eigenvalue weighted by molar-refractivity contribution is -0.143. The van der Waals surface area contributed by atoms with Gasteiger partial charge < -0.3 is 14.4 Å². The van der Waals surface area contributed by atoms with E-state index in [1.165, 1.54) is 0 Å². The number of ether oxygens (including phenoxy) is 2. The SMILES string of the molecule is CCCCN(CCC(=O)OCC)C(=O)c1ccc(OC(C)C)cc1. The van der Waals surface area contributed by atoms with E-state index in [1.807, 2.05) is 13.8 Å². The van der Waals surface area contributed by atoms with E-state index < -0.39 is 0 Å². The minimum Gasteiger partial charge on any atom is -0.491 e. The van der Waals surface area contributed by atoms with Gasteiger partial charge in [0.05, 0.1) is 19.1 Å². The Morgan fingerprint density at radius 3 is 2.29 bits per heavy atom. The molecule has 0 heterocycles. The van der Waals surface area contributed by atoms with Crippen LogP contribution < -0.4 is 4.74 Å². The number of unbranched alkanes of at least 4 members (excludes halogenated alkanes) is 1. The van der Waals surface area contributed by atoms with Gasteiger partial charge in [0.2, 0.25) is 0 Å². The van der Waals surface area contributed by atoms with E-state index in [4.69, 9.17) is 9.47 Å². The molecule has 0 saturated heterocycles. The number of nitrogens with zero attached hydrogens (tertiary/aromatic N) is 1. The zero-order valence-corrected chi connectivity index (χ0v) is 15.2. The summed E-state index contributed by atoms with van der Waals surface area (Å²) in [6.07, 6.45) is 2.21. The third kappa shape index (κ3) is 7.02. The zero-order valence-electron chi connectivity index (χ0n) is 15.2. The molecule has 0 atom stereocenters. The lowest BCUT2D eigenvalue weighted by Gasteiger charge is -2.22. The molecule has 134 valence electrons. The Bertz CT molecular complexity index is 511. The first-order valence-corrected chi connectivity index (χ1v) is 8.69. The first-order chi connectivity index (χ1) is 11.5. The average molecular weight is 335 g/mol. The van der Waals surface area contributed by atoms with Gasteiger partial charge in [-0.2, -0.15) is 0 Å². The maximum Gasteiger partial charge on any atom is 0.307 e. The van der Waals surface area contributed by atoms with Crippen LogP contribution in [0.25, 0.3) is 0 Å². The minimum absolute atomic E-state index is 0.0659. The maximum atomic E-state index is 12.7. The molecule has 0 N–H and O–H groups in total. The highest BCUT2D eigenvalue weighted by atomic mass is 16.5. The van der Waals surface area contributed by atoms with Crippen molar-refractivity contribution < 1.29 is 19.1 Å². The van der Waals surface area contributed by atoms with Crippen molar-refractivity contribution in [1.29, 1.82) is 0 Å². The maximum absolute atomic E-state index is 12.7. The number of amides is 1. The van der Waals surface area contributed by atoms with Gasteiger partial charge >= 0.3 is 5.97 Å². The van der Waals surface area contributed by atoms with E-state index in [9.17, 15) is 9.59 Å². The third-order valence-corrected chi connectivity index (χ3v) is 3.43. The van der Waals surface area contributed by atoms with Crippen molar-refractivity contribution in [3.05, 3.63) is 29.8 Å². The van der Waals surface area contributed by atoms with Crippen molar-refractivity contribution in [2.24, 2.45) is 0 Å². The first kappa shape index (κ1) is 20.0. The van der Waals surface area contributed by atoms with Crippen LogP contribution in [-0.4, -0.2) is 42.6 Å². The van der Waals surface area contributed by atoms with Gasteiger partial charge in [0.15, 0.2) is 0 Å². The zero-order chi connectivity index (χ0) is 17.9. The van der Waals surface area contributed by atoms with Gasteiger partial charge in [-0.05, 0) is 51.5 Å². The summed E-state index contributed by atoms with van der Waals surface area (Å²) < 4.78 is 10.5. The molecule has 0 aromatic heterocycles. The number of hydrogen-bond donors (Lipinski definition) is 0. The Morgan fingerprint density at radius 2 is 1.75 bits per heavy atom. The molecule has 0 spiro atoms. The lowest BCUT2D eigenvalue weighted by atomic mass is 10.1. The monoisotopic (exact) mass is 335 g/mol. The van der Waals surface area contributed by atoms with Crippen molar-refractivity contribution in [2.45, 2.75) is 53.1 Å². The number of esters is 1. The number of benzene rings is 1. The molecule has 0 radical (unpaired) electrons. The Kier molecular flexibility index (Phi) is 8.90. The smallest absolute Gasteiger partial charge is 0.307 e. The molecule has 5 nitrogen and oxygen atoms in total. The summed E-state index contributed by atoms with van der Waals surface area (Å²) in [6.45, 7) is 9.15. The molecule has 1 aromatic carbocycles. The van der Waals surface area contributed by atoms with E-state index >= 15 is 0 Å². The molecule has 0 fully saturated rings. The predicted octanol–water partition coefficient (Wildman–Crippen LogP) is 3.67. The van der Waals surface area contributed by atoms with E-state index in [0.29, 0.717) is 25.3 Å². The molecular weight excluding hydrogens is 306 g/mol. The molecule has 1 amide bonds. The first-order valence-electron chi connectivity index (χ1n) is 8.69. The lowest BCUT2D eigenvalue weighted by Crippen LogP contribution is -2.34. The number of rotatable bonds is 10. The summed E-state index contributed by atoms with van der Waals surface area (Å²) in [7, 11) is 0. The number of carbonyl (C=O) groups excluding carboxylic acids is 2. The van der Waals surface area contributed by atoms with E-state index in [2.05, 4.69) is 6.92 Å². The van der Waals surface area contributed by atoms with Crippen LogP contribution in [0.5, 0.6) is 5.75 Å². The second kappa shape index (κ2) is 10.7. The van der Waals surface area contributed by atoms with Crippen LogP contribution in [0.3, 0.4) is 0 Å². The van der Waals surface area contributed by atoms with Crippen LogP contribution in [0.4, 0.5) is 0 Å². The Hall–Kier alpha value is -2.04. The van der Waals surface area contributed by atoms with Crippen LogP contribution in [0, 0.1) is 0 Å². The molecule has 1 rings (SSSR count). The summed E-state index contributed by atoms with van der Waals surface area (Å²) in [5.41, 5.74) is 0.603. The summed E-state index contributed by atoms with van der Waals surface area (Å²) >= 11 is 0. The van der Waals surface area contributed by atoms with Crippen molar-refractivity contribution in [3.63, 3.8) is 0 Å². The molecular formula is C19H29NO4. The molecule has 0 bridgehead atoms. The fraction of sp³-hybridized carbons (Fsp3) is 0.579.